The molecule has 2 aromatic rings. The standard InChI is InChI=1S/C13H13NO3/c1-3-8-10-6-4-5-9(7(2)15)11(10)14-12(8)13(16)17/h4-6,14H,3H2,1-2H3,(H,16,17). The molecule has 0 saturated heterocycles. The van der Waals surface area contributed by atoms with E-state index in [1.165, 1.54) is 6.92 Å². The quantitative estimate of drug-likeness (QED) is 0.798. The number of nitrogens with one attached hydrogen (secondary N) is 1. The van der Waals surface area contributed by atoms with Gasteiger partial charge in [-0.3, -0.25) is 4.79 Å². The van der Waals surface area contributed by atoms with Crippen LogP contribution in [0.5, 0.6) is 0 Å². The first-order valence-corrected chi connectivity index (χ1v) is 5.44. The van der Waals surface area contributed by atoms with Crippen LogP contribution in [0.4, 0.5) is 0 Å². The zero-order valence-corrected chi connectivity index (χ0v) is 9.70. The van der Waals surface area contributed by atoms with Gasteiger partial charge in [0.1, 0.15) is 5.69 Å². The summed E-state index contributed by atoms with van der Waals surface area (Å²) in [7, 11) is 0. The molecule has 0 bridgehead atoms. The van der Waals surface area contributed by atoms with Gasteiger partial charge >= 0.3 is 5.97 Å². The van der Waals surface area contributed by atoms with Crippen molar-refractivity contribution in [1.29, 1.82) is 0 Å². The normalized spacial score (nSPS) is 10.7. The molecule has 0 aliphatic heterocycles. The molecule has 0 atom stereocenters. The van der Waals surface area contributed by atoms with Gasteiger partial charge in [0.2, 0.25) is 0 Å². The Balaban J connectivity index is 2.85. The molecule has 4 heteroatoms. The Morgan fingerprint density at radius 3 is 2.59 bits per heavy atom. The van der Waals surface area contributed by atoms with Crippen molar-refractivity contribution >= 4 is 22.7 Å². The van der Waals surface area contributed by atoms with Crippen LogP contribution in [-0.4, -0.2) is 21.8 Å². The molecule has 0 saturated carbocycles. The lowest BCUT2D eigenvalue weighted by Crippen LogP contribution is -2.00. The van der Waals surface area contributed by atoms with Crippen molar-refractivity contribution in [3.05, 3.63) is 35.0 Å². The van der Waals surface area contributed by atoms with Crippen LogP contribution in [0, 0.1) is 0 Å². The minimum Gasteiger partial charge on any atom is -0.477 e. The van der Waals surface area contributed by atoms with Crippen molar-refractivity contribution in [1.82, 2.24) is 4.98 Å². The Kier molecular flexibility index (Phi) is 2.71. The highest BCUT2D eigenvalue weighted by Crippen LogP contribution is 2.26. The highest BCUT2D eigenvalue weighted by molar-refractivity contribution is 6.08. The van der Waals surface area contributed by atoms with Gasteiger partial charge in [0.25, 0.3) is 0 Å². The number of aromatic amines is 1. The van der Waals surface area contributed by atoms with Crippen molar-refractivity contribution in [2.24, 2.45) is 0 Å². The van der Waals surface area contributed by atoms with E-state index in [0.29, 0.717) is 17.5 Å². The third-order valence-electron chi connectivity index (χ3n) is 2.89. The summed E-state index contributed by atoms with van der Waals surface area (Å²) >= 11 is 0. The molecule has 1 aromatic carbocycles. The lowest BCUT2D eigenvalue weighted by molar-refractivity contribution is 0.0690. The van der Waals surface area contributed by atoms with E-state index in [4.69, 9.17) is 5.11 Å². The smallest absolute Gasteiger partial charge is 0.352 e. The average molecular weight is 231 g/mol. The maximum absolute atomic E-state index is 11.5. The third kappa shape index (κ3) is 1.71. The van der Waals surface area contributed by atoms with E-state index in [9.17, 15) is 9.59 Å². The largest absolute Gasteiger partial charge is 0.477 e. The first-order valence-electron chi connectivity index (χ1n) is 5.44. The number of carboxylic acids is 1. The first-order chi connectivity index (χ1) is 8.06. The maximum atomic E-state index is 11.5. The van der Waals surface area contributed by atoms with Gasteiger partial charge in [0, 0.05) is 10.9 Å². The fraction of sp³-hybridized carbons (Fsp3) is 0.231. The summed E-state index contributed by atoms with van der Waals surface area (Å²) in [5, 5.41) is 9.93. The van der Waals surface area contributed by atoms with Crippen LogP contribution >= 0.6 is 0 Å². The van der Waals surface area contributed by atoms with Crippen LogP contribution in [0.3, 0.4) is 0 Å². The van der Waals surface area contributed by atoms with Crippen molar-refractivity contribution < 1.29 is 14.7 Å². The van der Waals surface area contributed by atoms with Crippen LogP contribution in [-0.2, 0) is 6.42 Å². The molecule has 0 amide bonds. The van der Waals surface area contributed by atoms with Crippen molar-refractivity contribution in [2.45, 2.75) is 20.3 Å². The summed E-state index contributed by atoms with van der Waals surface area (Å²) in [5.41, 5.74) is 2.07. The molecule has 0 aliphatic carbocycles. The summed E-state index contributed by atoms with van der Waals surface area (Å²) in [6.07, 6.45) is 0.614. The summed E-state index contributed by atoms with van der Waals surface area (Å²) in [6, 6.07) is 5.31. The van der Waals surface area contributed by atoms with Crippen LogP contribution in [0.1, 0.15) is 40.3 Å². The summed E-state index contributed by atoms with van der Waals surface area (Å²) in [5.74, 6) is -1.07. The number of H-pyrrole nitrogens is 1. The number of aromatic carboxylic acids is 1. The average Bonchev–Trinajstić information content (AvgIpc) is 2.66. The SMILES string of the molecule is CCc1c(C(=O)O)[nH]c2c(C(C)=O)cccc12. The molecule has 1 heterocycles. The number of benzene rings is 1. The summed E-state index contributed by atoms with van der Waals surface area (Å²) in [4.78, 5) is 25.4. The molecule has 17 heavy (non-hydrogen) atoms. The van der Waals surface area contributed by atoms with Gasteiger partial charge in [-0.15, -0.1) is 0 Å². The number of carbonyl (C=O) groups excluding carboxylic acids is 1. The van der Waals surface area contributed by atoms with Crippen molar-refractivity contribution in [3.8, 4) is 0 Å². The van der Waals surface area contributed by atoms with Gasteiger partial charge in [0.05, 0.1) is 5.52 Å². The van der Waals surface area contributed by atoms with E-state index in [2.05, 4.69) is 4.98 Å². The molecule has 2 rings (SSSR count). The number of Topliss-reactive ketones (excluding diaryl/α,β-unsaturated/α-hetero) is 1. The number of para-hydroxylation sites is 1. The molecule has 0 unspecified atom stereocenters. The predicted molar refractivity (Wildman–Crippen MR) is 64.6 cm³/mol. The van der Waals surface area contributed by atoms with E-state index < -0.39 is 5.97 Å². The Bertz CT molecular complexity index is 610. The predicted octanol–water partition coefficient (Wildman–Crippen LogP) is 2.63. The van der Waals surface area contributed by atoms with Crippen LogP contribution in [0.25, 0.3) is 10.9 Å². The van der Waals surface area contributed by atoms with Gasteiger partial charge in [0.15, 0.2) is 5.78 Å². The summed E-state index contributed by atoms with van der Waals surface area (Å²) < 4.78 is 0. The molecule has 88 valence electrons. The van der Waals surface area contributed by atoms with E-state index in [1.54, 1.807) is 12.1 Å². The van der Waals surface area contributed by atoms with Gasteiger partial charge < -0.3 is 10.1 Å². The van der Waals surface area contributed by atoms with Crippen LogP contribution in [0.2, 0.25) is 0 Å². The fourth-order valence-corrected chi connectivity index (χ4v) is 2.12. The fourth-order valence-electron chi connectivity index (χ4n) is 2.12. The van der Waals surface area contributed by atoms with Gasteiger partial charge in [-0.25, -0.2) is 4.79 Å². The lowest BCUT2D eigenvalue weighted by atomic mass is 10.0. The van der Waals surface area contributed by atoms with E-state index in [0.717, 1.165) is 10.9 Å². The Morgan fingerprint density at radius 1 is 1.35 bits per heavy atom. The molecule has 0 radical (unpaired) electrons. The number of rotatable bonds is 3. The monoisotopic (exact) mass is 231 g/mol. The first kappa shape index (κ1) is 11.4. The van der Waals surface area contributed by atoms with Gasteiger partial charge in [-0.2, -0.15) is 0 Å². The Hall–Kier alpha value is -2.10. The second kappa shape index (κ2) is 4.05. The number of ketones is 1. The maximum Gasteiger partial charge on any atom is 0.352 e. The Labute approximate surface area is 98.3 Å². The molecule has 0 fully saturated rings. The second-order valence-corrected chi connectivity index (χ2v) is 3.92. The lowest BCUT2D eigenvalue weighted by Gasteiger charge is -1.98. The van der Waals surface area contributed by atoms with Crippen LogP contribution < -0.4 is 0 Å². The molecule has 0 spiro atoms. The minimum absolute atomic E-state index is 0.0727. The van der Waals surface area contributed by atoms with Crippen molar-refractivity contribution in [3.63, 3.8) is 0 Å². The van der Waals surface area contributed by atoms with E-state index in [1.807, 2.05) is 13.0 Å². The number of aromatic nitrogens is 1. The molecular formula is C13H13NO3. The summed E-state index contributed by atoms with van der Waals surface area (Å²) in [6.45, 7) is 3.37. The van der Waals surface area contributed by atoms with E-state index >= 15 is 0 Å². The van der Waals surface area contributed by atoms with Crippen LogP contribution in [0.15, 0.2) is 18.2 Å². The van der Waals surface area contributed by atoms with Gasteiger partial charge in [-0.1, -0.05) is 19.1 Å². The molecule has 1 aromatic heterocycles. The topological polar surface area (TPSA) is 70.2 Å². The number of hydrogen-bond donors (Lipinski definition) is 2. The number of aryl methyl sites for hydroxylation is 1. The van der Waals surface area contributed by atoms with Crippen molar-refractivity contribution in [2.75, 3.05) is 0 Å². The third-order valence-corrected chi connectivity index (χ3v) is 2.89. The minimum atomic E-state index is -0.993. The Morgan fingerprint density at radius 2 is 2.06 bits per heavy atom. The molecule has 0 aliphatic rings. The molecule has 2 N–H and O–H groups in total. The zero-order valence-electron chi connectivity index (χ0n) is 9.70. The second-order valence-electron chi connectivity index (χ2n) is 3.92. The van der Waals surface area contributed by atoms with Gasteiger partial charge in [-0.05, 0) is 25.0 Å². The number of hydrogen-bond acceptors (Lipinski definition) is 2. The highest BCUT2D eigenvalue weighted by Gasteiger charge is 2.18. The molecular weight excluding hydrogens is 218 g/mol. The number of carboxylic acid groups (broad SMARTS) is 1. The highest BCUT2D eigenvalue weighted by atomic mass is 16.4. The number of carbonyl (C=O) groups is 2. The molecule has 4 nitrogen and oxygen atoms in total. The zero-order chi connectivity index (χ0) is 12.6. The number of fused-ring (bicyclic) bond motifs is 1. The van der Waals surface area contributed by atoms with E-state index in [-0.39, 0.29) is 11.5 Å².